The third-order valence-corrected chi connectivity index (χ3v) is 16.4. The fourth-order valence-electron chi connectivity index (χ4n) is 3.88. The average molecular weight is 496 g/mol. The Labute approximate surface area is 179 Å². The minimum absolute atomic E-state index is 0.302. The molecule has 0 fully saturated rings. The molecule has 0 unspecified atom stereocenters. The molecule has 3 heteroatoms. The summed E-state index contributed by atoms with van der Waals surface area (Å²) in [6.07, 6.45) is 0.893. The quantitative estimate of drug-likeness (QED) is 0.275. The van der Waals surface area contributed by atoms with Crippen LogP contribution in [-0.2, 0) is 6.16 Å². The van der Waals surface area contributed by atoms with Crippen molar-refractivity contribution in [2.24, 2.45) is 0 Å². The Morgan fingerprint density at radius 2 is 0.893 bits per heavy atom. The van der Waals surface area contributed by atoms with Gasteiger partial charge in [0.15, 0.2) is 0 Å². The summed E-state index contributed by atoms with van der Waals surface area (Å²) in [6, 6.07) is 40.3. The summed E-state index contributed by atoms with van der Waals surface area (Å²) < 4.78 is -2.81. The first-order valence-electron chi connectivity index (χ1n) is 9.29. The molecule has 0 amide bonds. The van der Waals surface area contributed by atoms with Gasteiger partial charge in [-0.15, -0.1) is 0 Å². The number of halogens is 1. The molecule has 0 aromatic heterocycles. The van der Waals surface area contributed by atoms with Crippen molar-refractivity contribution in [1.29, 1.82) is 0 Å². The van der Waals surface area contributed by atoms with Crippen molar-refractivity contribution in [3.8, 4) is 5.75 Å². The van der Waals surface area contributed by atoms with Gasteiger partial charge < -0.3 is 0 Å². The van der Waals surface area contributed by atoms with Gasteiger partial charge in [0, 0.05) is 0 Å². The van der Waals surface area contributed by atoms with Gasteiger partial charge in [0.05, 0.1) is 0 Å². The van der Waals surface area contributed by atoms with Crippen molar-refractivity contribution in [2.45, 2.75) is 6.16 Å². The summed E-state index contributed by atoms with van der Waals surface area (Å²) >= 11 is 2.79. The number of rotatable bonds is 5. The van der Waals surface area contributed by atoms with Crippen LogP contribution >= 0.6 is 26.3 Å². The van der Waals surface area contributed by atoms with E-state index in [1.165, 1.54) is 21.5 Å². The van der Waals surface area contributed by atoms with Gasteiger partial charge >= 0.3 is 180 Å². The molecule has 4 rings (SSSR count). The standard InChI is InChI=1S/C25H22IOP/c26-28(23-10-4-1-5-11-23,24-12-6-2-7-13-24,25-14-8-3-9-15-25)20-21-16-18-22(27)19-17-21/h1-19,27H,20H2. The molecule has 0 spiro atoms. The van der Waals surface area contributed by atoms with Crippen LogP contribution in [0.3, 0.4) is 0 Å². The summed E-state index contributed by atoms with van der Waals surface area (Å²) in [7, 11) is 0. The molecule has 4 aromatic carbocycles. The molecule has 0 heterocycles. The molecule has 0 saturated heterocycles. The summed E-state index contributed by atoms with van der Waals surface area (Å²) in [5, 5.41) is 13.9. The van der Waals surface area contributed by atoms with E-state index >= 15 is 0 Å². The van der Waals surface area contributed by atoms with Gasteiger partial charge in [0.1, 0.15) is 0 Å². The maximum atomic E-state index is 9.78. The van der Waals surface area contributed by atoms with E-state index in [1.807, 2.05) is 12.1 Å². The monoisotopic (exact) mass is 496 g/mol. The second-order valence-electron chi connectivity index (χ2n) is 7.01. The second kappa shape index (κ2) is 7.69. The van der Waals surface area contributed by atoms with Gasteiger partial charge in [0.25, 0.3) is 0 Å². The first-order chi connectivity index (χ1) is 13.6. The fraction of sp³-hybridized carbons (Fsp3) is 0.0400. The molecule has 0 aliphatic carbocycles. The average Bonchev–Trinajstić information content (AvgIpc) is 2.77. The van der Waals surface area contributed by atoms with Gasteiger partial charge in [-0.3, -0.25) is 0 Å². The van der Waals surface area contributed by atoms with Gasteiger partial charge in [-0.05, 0) is 0 Å². The normalized spacial score (nSPS) is 12.8. The van der Waals surface area contributed by atoms with Crippen molar-refractivity contribution in [2.75, 3.05) is 0 Å². The Balaban J connectivity index is 2.07. The summed E-state index contributed by atoms with van der Waals surface area (Å²) in [6.45, 7) is 0. The molecule has 0 saturated carbocycles. The predicted octanol–water partition coefficient (Wildman–Crippen LogP) is 5.77. The fourth-order valence-corrected chi connectivity index (χ4v) is 12.7. The van der Waals surface area contributed by atoms with E-state index in [2.05, 4.69) is 113 Å². The number of aromatic hydroxyl groups is 1. The van der Waals surface area contributed by atoms with E-state index < -0.39 is 4.25 Å². The van der Waals surface area contributed by atoms with Crippen molar-refractivity contribution < 1.29 is 5.11 Å². The van der Waals surface area contributed by atoms with Crippen molar-refractivity contribution >= 4 is 42.2 Å². The van der Waals surface area contributed by atoms with E-state index in [0.717, 1.165) is 6.16 Å². The van der Waals surface area contributed by atoms with Crippen LogP contribution in [0.1, 0.15) is 5.56 Å². The minimum atomic E-state index is -2.81. The van der Waals surface area contributed by atoms with Crippen molar-refractivity contribution in [1.82, 2.24) is 0 Å². The SMILES string of the molecule is Oc1ccc(CP(I)(c2ccccc2)(c2ccccc2)c2ccccc2)cc1. The third-order valence-electron chi connectivity index (χ3n) is 5.30. The van der Waals surface area contributed by atoms with Gasteiger partial charge in [-0.1, -0.05) is 0 Å². The zero-order valence-electron chi connectivity index (χ0n) is 15.4. The molecular weight excluding hydrogens is 474 g/mol. The summed E-state index contributed by atoms with van der Waals surface area (Å²) in [5.74, 6) is 0.302. The van der Waals surface area contributed by atoms with Gasteiger partial charge in [-0.25, -0.2) is 0 Å². The van der Waals surface area contributed by atoms with Crippen LogP contribution in [-0.4, -0.2) is 5.11 Å². The molecule has 0 atom stereocenters. The molecule has 0 aliphatic heterocycles. The van der Waals surface area contributed by atoms with Crippen molar-refractivity contribution in [3.05, 3.63) is 121 Å². The van der Waals surface area contributed by atoms with Crippen molar-refractivity contribution in [3.63, 3.8) is 0 Å². The number of hydrogen-bond acceptors (Lipinski definition) is 1. The van der Waals surface area contributed by atoms with E-state index in [4.69, 9.17) is 0 Å². The van der Waals surface area contributed by atoms with Crippen LogP contribution in [0.25, 0.3) is 0 Å². The van der Waals surface area contributed by atoms with E-state index in [-0.39, 0.29) is 0 Å². The van der Waals surface area contributed by atoms with Crippen LogP contribution in [0.4, 0.5) is 0 Å². The van der Waals surface area contributed by atoms with Gasteiger partial charge in [0.2, 0.25) is 0 Å². The number of phenols is 1. The third kappa shape index (κ3) is 3.25. The van der Waals surface area contributed by atoms with E-state index in [1.54, 1.807) is 12.1 Å². The number of phenolic OH excluding ortho intramolecular Hbond substituents is 1. The molecule has 1 nitrogen and oxygen atoms in total. The predicted molar refractivity (Wildman–Crippen MR) is 131 cm³/mol. The topological polar surface area (TPSA) is 20.2 Å². The zero-order valence-corrected chi connectivity index (χ0v) is 18.5. The molecular formula is C25H22IOP. The van der Waals surface area contributed by atoms with Gasteiger partial charge in [-0.2, -0.15) is 0 Å². The Morgan fingerprint density at radius 3 is 1.25 bits per heavy atom. The van der Waals surface area contributed by atoms with Crippen LogP contribution in [0.5, 0.6) is 5.75 Å². The maximum absolute atomic E-state index is 9.78. The molecule has 1 N–H and O–H groups in total. The zero-order chi connectivity index (χ0) is 19.5. The molecule has 0 radical (unpaired) electrons. The number of benzene rings is 4. The Bertz CT molecular complexity index is 949. The molecule has 140 valence electrons. The van der Waals surface area contributed by atoms with Crippen LogP contribution in [0.15, 0.2) is 115 Å². The molecule has 4 aromatic rings. The Kier molecular flexibility index (Phi) is 5.27. The first-order valence-corrected chi connectivity index (χ1v) is 14.5. The Hall–Kier alpha value is -2.16. The summed E-state index contributed by atoms with van der Waals surface area (Å²) in [5.41, 5.74) is 1.22. The molecule has 0 aliphatic rings. The summed E-state index contributed by atoms with van der Waals surface area (Å²) in [4.78, 5) is 0. The Morgan fingerprint density at radius 1 is 0.536 bits per heavy atom. The molecule has 28 heavy (non-hydrogen) atoms. The van der Waals surface area contributed by atoms with Crippen LogP contribution < -0.4 is 15.9 Å². The van der Waals surface area contributed by atoms with E-state index in [9.17, 15) is 5.11 Å². The first kappa shape index (κ1) is 19.2. The number of hydrogen-bond donors (Lipinski definition) is 1. The van der Waals surface area contributed by atoms with Crippen LogP contribution in [0, 0.1) is 0 Å². The van der Waals surface area contributed by atoms with E-state index in [0.29, 0.717) is 5.75 Å². The van der Waals surface area contributed by atoms with Crippen LogP contribution in [0.2, 0.25) is 0 Å². The molecule has 0 bridgehead atoms. The second-order valence-corrected chi connectivity index (χ2v) is 17.6.